The second-order valence-electron chi connectivity index (χ2n) is 7.66. The van der Waals surface area contributed by atoms with Crippen LogP contribution >= 0.6 is 0 Å². The van der Waals surface area contributed by atoms with E-state index >= 15 is 0 Å². The molecule has 9 nitrogen and oxygen atoms in total. The molecule has 158 valence electrons. The van der Waals surface area contributed by atoms with Crippen LogP contribution in [0.2, 0.25) is 0 Å². The van der Waals surface area contributed by atoms with E-state index in [1.165, 1.54) is 0 Å². The minimum atomic E-state index is -0.618. The van der Waals surface area contributed by atoms with Gasteiger partial charge < -0.3 is 38.3 Å². The normalized spacial score (nSPS) is 40.6. The number of ether oxygens (including phenoxy) is 7. The Balaban J connectivity index is 1.17. The van der Waals surface area contributed by atoms with Gasteiger partial charge in [-0.25, -0.2) is 4.79 Å². The highest BCUT2D eigenvalue weighted by Crippen LogP contribution is 2.32. The van der Waals surface area contributed by atoms with Gasteiger partial charge in [0.1, 0.15) is 42.4 Å². The molecule has 0 spiro atoms. The van der Waals surface area contributed by atoms with Crippen LogP contribution in [0.1, 0.15) is 10.4 Å². The molecular formula is C20H24O9. The fraction of sp³-hybridized carbons (Fsp3) is 0.650. The van der Waals surface area contributed by atoms with Crippen molar-refractivity contribution in [3.63, 3.8) is 0 Å². The largest absolute Gasteiger partial charge is 0.485 e. The Morgan fingerprint density at radius 3 is 2.21 bits per heavy atom. The first-order valence-electron chi connectivity index (χ1n) is 9.79. The van der Waals surface area contributed by atoms with E-state index in [4.69, 9.17) is 33.2 Å². The third-order valence-corrected chi connectivity index (χ3v) is 5.88. The number of hydrogen-bond donors (Lipinski definition) is 1. The van der Waals surface area contributed by atoms with Crippen molar-refractivity contribution >= 4 is 5.97 Å². The molecule has 0 amide bonds. The highest BCUT2D eigenvalue weighted by atomic mass is 16.7. The smallest absolute Gasteiger partial charge is 0.338 e. The van der Waals surface area contributed by atoms with Gasteiger partial charge in [0, 0.05) is 7.11 Å². The maximum atomic E-state index is 12.5. The van der Waals surface area contributed by atoms with Crippen molar-refractivity contribution < 1.29 is 43.1 Å². The molecule has 0 radical (unpaired) electrons. The van der Waals surface area contributed by atoms with E-state index in [2.05, 4.69) is 0 Å². The number of hydrogen-bond acceptors (Lipinski definition) is 9. The van der Waals surface area contributed by atoms with Crippen molar-refractivity contribution in [1.82, 2.24) is 0 Å². The molecule has 29 heavy (non-hydrogen) atoms. The summed E-state index contributed by atoms with van der Waals surface area (Å²) in [7, 11) is 1.61. The lowest BCUT2D eigenvalue weighted by Gasteiger charge is -2.18. The summed E-state index contributed by atoms with van der Waals surface area (Å²) >= 11 is 0. The number of benzene rings is 1. The quantitative estimate of drug-likeness (QED) is 0.671. The number of carbonyl (C=O) groups excluding carboxylic acids is 1. The number of carbonyl (C=O) groups is 1. The second-order valence-corrected chi connectivity index (χ2v) is 7.66. The Morgan fingerprint density at radius 1 is 0.862 bits per heavy atom. The maximum absolute atomic E-state index is 12.5. The van der Waals surface area contributed by atoms with Gasteiger partial charge in [0.15, 0.2) is 12.2 Å². The van der Waals surface area contributed by atoms with Crippen molar-refractivity contribution in [1.29, 1.82) is 0 Å². The average molecular weight is 408 g/mol. The van der Waals surface area contributed by atoms with Gasteiger partial charge in [-0.2, -0.15) is 0 Å². The molecule has 0 bridgehead atoms. The van der Waals surface area contributed by atoms with E-state index in [9.17, 15) is 9.90 Å². The fourth-order valence-corrected chi connectivity index (χ4v) is 4.33. The lowest BCUT2D eigenvalue weighted by atomic mass is 10.1. The summed E-state index contributed by atoms with van der Waals surface area (Å²) in [5, 5.41) is 9.80. The van der Waals surface area contributed by atoms with E-state index in [0.29, 0.717) is 24.5 Å². The Kier molecular flexibility index (Phi) is 5.19. The van der Waals surface area contributed by atoms with Crippen LogP contribution in [0.15, 0.2) is 24.3 Å². The Morgan fingerprint density at radius 2 is 1.45 bits per heavy atom. The minimum Gasteiger partial charge on any atom is -0.485 e. The van der Waals surface area contributed by atoms with Crippen LogP contribution in [-0.4, -0.2) is 93.4 Å². The van der Waals surface area contributed by atoms with Gasteiger partial charge >= 0.3 is 5.97 Å². The highest BCUT2D eigenvalue weighted by molar-refractivity contribution is 5.89. The van der Waals surface area contributed by atoms with Gasteiger partial charge in [0.05, 0.1) is 32.0 Å². The zero-order valence-corrected chi connectivity index (χ0v) is 16.0. The molecule has 1 N–H and O–H groups in total. The number of methoxy groups -OCH3 is 1. The maximum Gasteiger partial charge on any atom is 0.338 e. The number of aliphatic hydroxyl groups excluding tert-OH is 1. The summed E-state index contributed by atoms with van der Waals surface area (Å²) in [6.45, 7) is 1.32. The molecule has 4 saturated heterocycles. The molecule has 0 aromatic heterocycles. The summed E-state index contributed by atoms with van der Waals surface area (Å²) < 4.78 is 39.3. The predicted molar refractivity (Wildman–Crippen MR) is 95.8 cm³/mol. The zero-order chi connectivity index (χ0) is 20.0. The molecule has 8 atom stereocenters. The third kappa shape index (κ3) is 3.52. The van der Waals surface area contributed by atoms with Crippen LogP contribution < -0.4 is 4.74 Å². The highest BCUT2D eigenvalue weighted by Gasteiger charge is 2.50. The van der Waals surface area contributed by atoms with Gasteiger partial charge in [-0.3, -0.25) is 0 Å². The lowest BCUT2D eigenvalue weighted by molar-refractivity contribution is -0.0280. The van der Waals surface area contributed by atoms with E-state index in [-0.39, 0.29) is 49.8 Å². The fourth-order valence-electron chi connectivity index (χ4n) is 4.33. The van der Waals surface area contributed by atoms with Crippen molar-refractivity contribution in [3.05, 3.63) is 29.8 Å². The number of aliphatic hydroxyl groups is 1. The monoisotopic (exact) mass is 408 g/mol. The number of fused-ring (bicyclic) bond motifs is 2. The van der Waals surface area contributed by atoms with Crippen LogP contribution in [0.3, 0.4) is 0 Å². The molecule has 0 aliphatic carbocycles. The molecule has 4 unspecified atom stereocenters. The van der Waals surface area contributed by atoms with Crippen LogP contribution in [0.5, 0.6) is 5.75 Å². The summed E-state index contributed by atoms with van der Waals surface area (Å²) in [5.41, 5.74) is 0.412. The molecule has 1 aromatic rings. The van der Waals surface area contributed by atoms with E-state index in [1.807, 2.05) is 0 Å². The first-order valence-corrected chi connectivity index (χ1v) is 9.79. The SMILES string of the molecule is CO[C@H]1COC2C1OC[C@@H]2OC(=O)c1ccc(O[C@H]2COC3C2OC[C@@H]3O)cc1. The van der Waals surface area contributed by atoms with Crippen LogP contribution in [0, 0.1) is 0 Å². The first kappa shape index (κ1) is 19.2. The molecule has 9 heteroatoms. The summed E-state index contributed by atoms with van der Waals surface area (Å²) in [6, 6.07) is 6.71. The molecule has 0 saturated carbocycles. The molecule has 4 heterocycles. The minimum absolute atomic E-state index is 0.135. The summed E-state index contributed by atoms with van der Waals surface area (Å²) in [4.78, 5) is 12.5. The topological polar surface area (TPSA) is 102 Å². The van der Waals surface area contributed by atoms with Crippen LogP contribution in [0.25, 0.3) is 0 Å². The van der Waals surface area contributed by atoms with Gasteiger partial charge in [-0.1, -0.05) is 0 Å². The standard InChI is InChI=1S/C20H24O9/c1-23-13-7-26-19-15(9-27-17(13)19)29-20(22)10-2-4-11(5-3-10)28-14-8-25-16-12(21)6-24-18(14)16/h2-5,12-19,21H,6-9H2,1H3/t12-,13-,14-,15-,16?,17?,18?,19?/m0/s1. The number of rotatable bonds is 5. The predicted octanol–water partition coefficient (Wildman–Crippen LogP) is -0.0695. The zero-order valence-electron chi connectivity index (χ0n) is 16.0. The average Bonchev–Trinajstić information content (AvgIpc) is 3.48. The first-order chi connectivity index (χ1) is 14.1. The van der Waals surface area contributed by atoms with E-state index in [0.717, 1.165) is 0 Å². The molecule has 4 aliphatic heterocycles. The van der Waals surface area contributed by atoms with Crippen LogP contribution in [0.4, 0.5) is 0 Å². The summed E-state index contributed by atoms with van der Waals surface area (Å²) in [5.74, 6) is 0.147. The Labute approximate surface area is 167 Å². The third-order valence-electron chi connectivity index (χ3n) is 5.88. The lowest BCUT2D eigenvalue weighted by Crippen LogP contribution is -2.35. The van der Waals surface area contributed by atoms with Gasteiger partial charge in [0.2, 0.25) is 0 Å². The van der Waals surface area contributed by atoms with Gasteiger partial charge in [0.25, 0.3) is 0 Å². The molecule has 4 aliphatic rings. The van der Waals surface area contributed by atoms with Crippen molar-refractivity contribution in [2.24, 2.45) is 0 Å². The van der Waals surface area contributed by atoms with Crippen molar-refractivity contribution in [2.75, 3.05) is 33.5 Å². The molecule has 5 rings (SSSR count). The summed E-state index contributed by atoms with van der Waals surface area (Å²) in [6.07, 6.45) is -2.64. The van der Waals surface area contributed by atoms with Gasteiger partial charge in [-0.05, 0) is 24.3 Å². The molecule has 4 fully saturated rings. The van der Waals surface area contributed by atoms with Crippen molar-refractivity contribution in [2.45, 2.75) is 48.8 Å². The second kappa shape index (κ2) is 7.82. The van der Waals surface area contributed by atoms with Crippen molar-refractivity contribution in [3.8, 4) is 5.75 Å². The molecular weight excluding hydrogens is 384 g/mol. The number of esters is 1. The molecule has 1 aromatic carbocycles. The van der Waals surface area contributed by atoms with Gasteiger partial charge in [-0.15, -0.1) is 0 Å². The van der Waals surface area contributed by atoms with E-state index < -0.39 is 18.2 Å². The Bertz CT molecular complexity index is 738. The Hall–Kier alpha value is -1.75. The van der Waals surface area contributed by atoms with E-state index in [1.54, 1.807) is 31.4 Å². The van der Waals surface area contributed by atoms with Crippen LogP contribution in [-0.2, 0) is 28.4 Å².